The van der Waals surface area contributed by atoms with Crippen molar-refractivity contribution in [3.63, 3.8) is 0 Å². The van der Waals surface area contributed by atoms with Crippen LogP contribution in [0.4, 0.5) is 5.69 Å². The van der Waals surface area contributed by atoms with Crippen LogP contribution in [0.5, 0.6) is 5.75 Å². The second-order valence-corrected chi connectivity index (χ2v) is 5.59. The van der Waals surface area contributed by atoms with Crippen LogP contribution in [-0.2, 0) is 6.54 Å². The molecule has 3 rings (SSSR count). The van der Waals surface area contributed by atoms with E-state index in [0.717, 1.165) is 17.0 Å². The molecule has 0 fully saturated rings. The number of anilines is 1. The lowest BCUT2D eigenvalue weighted by Crippen LogP contribution is -2.16. The van der Waals surface area contributed by atoms with Crippen molar-refractivity contribution in [1.29, 1.82) is 0 Å². The molecule has 0 bridgehead atoms. The van der Waals surface area contributed by atoms with Crippen LogP contribution >= 0.6 is 0 Å². The second-order valence-electron chi connectivity index (χ2n) is 5.59. The normalized spacial score (nSPS) is 10.8. The smallest absolute Gasteiger partial charge is 0.128 e. The minimum Gasteiger partial charge on any atom is -0.493 e. The van der Waals surface area contributed by atoms with E-state index in [1.165, 1.54) is 5.56 Å². The number of ether oxygens (including phenoxy) is 1. The van der Waals surface area contributed by atoms with Gasteiger partial charge in [0.25, 0.3) is 0 Å². The maximum absolute atomic E-state index is 5.68. The van der Waals surface area contributed by atoms with Crippen LogP contribution in [0.2, 0.25) is 0 Å². The molecule has 0 saturated heterocycles. The number of hydrazone groups is 1. The standard InChI is InChI=1S/C22H22N2O/c1-2-25-22-16-10-9-13-20(22)17-23-24(21-14-7-4-8-15-21)18-19-11-5-3-6-12-19/h3-17H,2,18H2,1H3/b23-17-. The Labute approximate surface area is 149 Å². The zero-order chi connectivity index (χ0) is 17.3. The SMILES string of the molecule is CCOc1ccccc1/C=N\N(Cc1ccccc1)c1ccccc1. The molecule has 0 aliphatic heterocycles. The number of hydrogen-bond acceptors (Lipinski definition) is 3. The predicted molar refractivity (Wildman–Crippen MR) is 104 cm³/mol. The molecule has 0 amide bonds. The lowest BCUT2D eigenvalue weighted by molar-refractivity contribution is 0.340. The summed E-state index contributed by atoms with van der Waals surface area (Å²) in [5.74, 6) is 0.849. The van der Waals surface area contributed by atoms with E-state index in [4.69, 9.17) is 9.84 Å². The summed E-state index contributed by atoms with van der Waals surface area (Å²) in [6, 6.07) is 28.5. The van der Waals surface area contributed by atoms with E-state index < -0.39 is 0 Å². The van der Waals surface area contributed by atoms with E-state index in [0.29, 0.717) is 13.2 Å². The van der Waals surface area contributed by atoms with Crippen molar-refractivity contribution in [2.75, 3.05) is 11.6 Å². The predicted octanol–water partition coefficient (Wildman–Crippen LogP) is 5.13. The first-order valence-electron chi connectivity index (χ1n) is 8.49. The van der Waals surface area contributed by atoms with E-state index in [2.05, 4.69) is 24.3 Å². The van der Waals surface area contributed by atoms with Crippen molar-refractivity contribution in [2.24, 2.45) is 5.10 Å². The first kappa shape index (κ1) is 16.8. The first-order valence-corrected chi connectivity index (χ1v) is 8.49. The number of hydrogen-bond donors (Lipinski definition) is 0. The lowest BCUT2D eigenvalue weighted by atomic mass is 10.2. The molecule has 126 valence electrons. The Morgan fingerprint density at radius 3 is 2.20 bits per heavy atom. The monoisotopic (exact) mass is 330 g/mol. The van der Waals surface area contributed by atoms with Gasteiger partial charge in [0, 0.05) is 5.56 Å². The molecule has 3 aromatic rings. The van der Waals surface area contributed by atoms with Gasteiger partial charge in [-0.1, -0.05) is 60.7 Å². The van der Waals surface area contributed by atoms with Crippen LogP contribution in [0, 0.1) is 0 Å². The zero-order valence-electron chi connectivity index (χ0n) is 14.4. The molecule has 0 unspecified atom stereocenters. The largest absolute Gasteiger partial charge is 0.493 e. The molecule has 3 nitrogen and oxygen atoms in total. The molecule has 0 N–H and O–H groups in total. The van der Waals surface area contributed by atoms with E-state index in [-0.39, 0.29) is 0 Å². The maximum Gasteiger partial charge on any atom is 0.128 e. The van der Waals surface area contributed by atoms with Gasteiger partial charge in [0.2, 0.25) is 0 Å². The Bertz CT molecular complexity index is 801. The molecule has 0 radical (unpaired) electrons. The molecule has 3 aromatic carbocycles. The molecule has 0 aliphatic carbocycles. The Kier molecular flexibility index (Phi) is 5.83. The van der Waals surface area contributed by atoms with Crippen molar-refractivity contribution in [3.05, 3.63) is 96.1 Å². The van der Waals surface area contributed by atoms with E-state index in [1.807, 2.05) is 78.8 Å². The average molecular weight is 330 g/mol. The molecule has 3 heteroatoms. The number of nitrogens with zero attached hydrogens (tertiary/aromatic N) is 2. The molecular weight excluding hydrogens is 308 g/mol. The van der Waals surface area contributed by atoms with Crippen molar-refractivity contribution in [3.8, 4) is 5.75 Å². The van der Waals surface area contributed by atoms with Gasteiger partial charge in [-0.3, -0.25) is 5.01 Å². The highest BCUT2D eigenvalue weighted by atomic mass is 16.5. The van der Waals surface area contributed by atoms with E-state index >= 15 is 0 Å². The molecular formula is C22H22N2O. The highest BCUT2D eigenvalue weighted by Gasteiger charge is 2.06. The van der Waals surface area contributed by atoms with Crippen molar-refractivity contribution in [2.45, 2.75) is 13.5 Å². The summed E-state index contributed by atoms with van der Waals surface area (Å²) < 4.78 is 5.68. The third kappa shape index (κ3) is 4.70. The molecule has 0 aromatic heterocycles. The molecule has 0 saturated carbocycles. The summed E-state index contributed by atoms with van der Waals surface area (Å²) in [5.41, 5.74) is 3.23. The Morgan fingerprint density at radius 1 is 0.840 bits per heavy atom. The topological polar surface area (TPSA) is 24.8 Å². The fraction of sp³-hybridized carbons (Fsp3) is 0.136. The Balaban J connectivity index is 1.87. The molecule has 25 heavy (non-hydrogen) atoms. The van der Waals surface area contributed by atoms with Gasteiger partial charge in [0.05, 0.1) is 25.1 Å². The number of rotatable bonds is 7. The third-order valence-corrected chi connectivity index (χ3v) is 3.78. The summed E-state index contributed by atoms with van der Waals surface area (Å²) >= 11 is 0. The zero-order valence-corrected chi connectivity index (χ0v) is 14.4. The Morgan fingerprint density at radius 2 is 1.48 bits per heavy atom. The Hall–Kier alpha value is -3.07. The van der Waals surface area contributed by atoms with Gasteiger partial charge in [0.1, 0.15) is 5.75 Å². The minimum absolute atomic E-state index is 0.636. The van der Waals surface area contributed by atoms with Crippen LogP contribution in [0.3, 0.4) is 0 Å². The second kappa shape index (κ2) is 8.69. The first-order chi connectivity index (χ1) is 12.4. The fourth-order valence-electron chi connectivity index (χ4n) is 2.56. The summed E-state index contributed by atoms with van der Waals surface area (Å²) in [5, 5.41) is 6.73. The summed E-state index contributed by atoms with van der Waals surface area (Å²) in [6.07, 6.45) is 1.86. The quantitative estimate of drug-likeness (QED) is 0.443. The van der Waals surface area contributed by atoms with Gasteiger partial charge in [0.15, 0.2) is 0 Å². The van der Waals surface area contributed by atoms with Crippen LogP contribution in [-0.4, -0.2) is 12.8 Å². The molecule has 0 spiro atoms. The van der Waals surface area contributed by atoms with Crippen LogP contribution in [0.25, 0.3) is 0 Å². The molecule has 0 aliphatic rings. The fourth-order valence-corrected chi connectivity index (χ4v) is 2.56. The highest BCUT2D eigenvalue weighted by molar-refractivity contribution is 5.84. The number of benzene rings is 3. The van der Waals surface area contributed by atoms with Crippen molar-refractivity contribution < 1.29 is 4.74 Å². The van der Waals surface area contributed by atoms with Crippen LogP contribution < -0.4 is 9.75 Å². The van der Waals surface area contributed by atoms with Gasteiger partial charge in [-0.2, -0.15) is 5.10 Å². The van der Waals surface area contributed by atoms with Gasteiger partial charge in [-0.05, 0) is 36.8 Å². The average Bonchev–Trinajstić information content (AvgIpc) is 2.68. The van der Waals surface area contributed by atoms with Crippen LogP contribution in [0.1, 0.15) is 18.1 Å². The number of para-hydroxylation sites is 2. The van der Waals surface area contributed by atoms with Crippen molar-refractivity contribution in [1.82, 2.24) is 0 Å². The van der Waals surface area contributed by atoms with Gasteiger partial charge >= 0.3 is 0 Å². The lowest BCUT2D eigenvalue weighted by Gasteiger charge is -2.19. The molecule has 0 atom stereocenters. The van der Waals surface area contributed by atoms with Crippen LogP contribution in [0.15, 0.2) is 90.0 Å². The summed E-state index contributed by atoms with van der Waals surface area (Å²) in [6.45, 7) is 3.33. The highest BCUT2D eigenvalue weighted by Crippen LogP contribution is 2.19. The third-order valence-electron chi connectivity index (χ3n) is 3.78. The molecule has 0 heterocycles. The maximum atomic E-state index is 5.68. The van der Waals surface area contributed by atoms with Gasteiger partial charge in [-0.25, -0.2) is 0 Å². The van der Waals surface area contributed by atoms with Crippen molar-refractivity contribution >= 4 is 11.9 Å². The summed E-state index contributed by atoms with van der Waals surface area (Å²) in [4.78, 5) is 0. The van der Waals surface area contributed by atoms with E-state index in [1.54, 1.807) is 0 Å². The van der Waals surface area contributed by atoms with Gasteiger partial charge in [-0.15, -0.1) is 0 Å². The van der Waals surface area contributed by atoms with Gasteiger partial charge < -0.3 is 4.74 Å². The summed E-state index contributed by atoms with van der Waals surface area (Å²) in [7, 11) is 0. The van der Waals surface area contributed by atoms with E-state index in [9.17, 15) is 0 Å². The minimum atomic E-state index is 0.636.